The van der Waals surface area contributed by atoms with Gasteiger partial charge in [0.05, 0.1) is 6.07 Å². The molecule has 0 aromatic carbocycles. The molecular weight excluding hydrogens is 226 g/mol. The average molecular weight is 245 g/mol. The lowest BCUT2D eigenvalue weighted by Gasteiger charge is -2.22. The number of nitriles is 1. The Kier molecular flexibility index (Phi) is 4.27. The zero-order valence-electron chi connectivity index (χ0n) is 11.0. The van der Waals surface area contributed by atoms with E-state index in [0.717, 1.165) is 43.9 Å². The molecule has 0 spiro atoms. The lowest BCUT2D eigenvalue weighted by atomic mass is 9.95. The molecule has 1 aromatic rings. The maximum absolute atomic E-state index is 9.12. The highest BCUT2D eigenvalue weighted by molar-refractivity contribution is 5.19. The molecule has 1 aliphatic rings. The second kappa shape index (κ2) is 5.92. The van der Waals surface area contributed by atoms with Crippen molar-refractivity contribution in [1.82, 2.24) is 9.97 Å². The monoisotopic (exact) mass is 245 g/mol. The fourth-order valence-corrected chi connectivity index (χ4v) is 2.31. The van der Waals surface area contributed by atoms with Crippen molar-refractivity contribution in [3.63, 3.8) is 0 Å². The van der Waals surface area contributed by atoms with Gasteiger partial charge < -0.3 is 4.74 Å². The summed E-state index contributed by atoms with van der Waals surface area (Å²) < 4.78 is 5.38. The highest BCUT2D eigenvalue weighted by atomic mass is 16.5. The van der Waals surface area contributed by atoms with E-state index in [4.69, 9.17) is 10.00 Å². The quantitative estimate of drug-likeness (QED) is 0.821. The van der Waals surface area contributed by atoms with Crippen LogP contribution in [0, 0.1) is 18.3 Å². The van der Waals surface area contributed by atoms with Gasteiger partial charge in [0, 0.05) is 30.5 Å². The van der Waals surface area contributed by atoms with Crippen LogP contribution in [-0.2, 0) is 4.74 Å². The Bertz CT molecular complexity index is 447. The topological polar surface area (TPSA) is 58.8 Å². The van der Waals surface area contributed by atoms with Crippen LogP contribution in [0.15, 0.2) is 6.07 Å². The molecule has 2 rings (SSSR count). The summed E-state index contributed by atoms with van der Waals surface area (Å²) in [6.45, 7) is 5.57. The van der Waals surface area contributed by atoms with Crippen molar-refractivity contribution in [3.8, 4) is 6.07 Å². The van der Waals surface area contributed by atoms with Crippen LogP contribution in [0.1, 0.15) is 55.2 Å². The van der Waals surface area contributed by atoms with Gasteiger partial charge in [-0.1, -0.05) is 6.92 Å². The van der Waals surface area contributed by atoms with E-state index in [1.54, 1.807) is 0 Å². The number of rotatable bonds is 3. The van der Waals surface area contributed by atoms with E-state index in [-0.39, 0.29) is 5.92 Å². The van der Waals surface area contributed by atoms with Crippen LogP contribution in [0.25, 0.3) is 0 Å². The fourth-order valence-electron chi connectivity index (χ4n) is 2.31. The van der Waals surface area contributed by atoms with Crippen LogP contribution in [-0.4, -0.2) is 23.2 Å². The van der Waals surface area contributed by atoms with Crippen LogP contribution in [0.5, 0.6) is 0 Å². The molecular formula is C14H19N3O. The van der Waals surface area contributed by atoms with Gasteiger partial charge in [0.2, 0.25) is 0 Å². The fraction of sp³-hybridized carbons (Fsp3) is 0.643. The SMILES string of the molecule is CCC(C#N)c1nc(C)cc(C2CCOCC2)n1. The Labute approximate surface area is 108 Å². The predicted molar refractivity (Wildman–Crippen MR) is 68.2 cm³/mol. The minimum Gasteiger partial charge on any atom is -0.381 e. The van der Waals surface area contributed by atoms with E-state index < -0.39 is 0 Å². The molecule has 4 heteroatoms. The molecule has 0 aliphatic carbocycles. The molecule has 2 heterocycles. The molecule has 1 aliphatic heterocycles. The summed E-state index contributed by atoms with van der Waals surface area (Å²) in [5, 5.41) is 9.12. The third-order valence-electron chi connectivity index (χ3n) is 3.41. The molecule has 1 fully saturated rings. The van der Waals surface area contributed by atoms with E-state index in [0.29, 0.717) is 11.7 Å². The molecule has 1 unspecified atom stereocenters. The third kappa shape index (κ3) is 2.85. The number of aryl methyl sites for hydroxylation is 1. The van der Waals surface area contributed by atoms with E-state index in [9.17, 15) is 0 Å². The van der Waals surface area contributed by atoms with Gasteiger partial charge >= 0.3 is 0 Å². The molecule has 18 heavy (non-hydrogen) atoms. The summed E-state index contributed by atoms with van der Waals surface area (Å²) in [6.07, 6.45) is 2.78. The normalized spacial score (nSPS) is 18.3. The minimum absolute atomic E-state index is 0.191. The summed E-state index contributed by atoms with van der Waals surface area (Å²) >= 11 is 0. The lowest BCUT2D eigenvalue weighted by molar-refractivity contribution is 0.0844. The second-order valence-corrected chi connectivity index (χ2v) is 4.77. The lowest BCUT2D eigenvalue weighted by Crippen LogP contribution is -2.17. The molecule has 4 nitrogen and oxygen atoms in total. The Hall–Kier alpha value is -1.47. The van der Waals surface area contributed by atoms with Gasteiger partial charge in [0.1, 0.15) is 11.7 Å². The maximum atomic E-state index is 9.12. The summed E-state index contributed by atoms with van der Waals surface area (Å²) in [6, 6.07) is 4.32. The van der Waals surface area contributed by atoms with E-state index in [1.165, 1.54) is 0 Å². The Morgan fingerprint density at radius 3 is 2.78 bits per heavy atom. The van der Waals surface area contributed by atoms with E-state index in [1.807, 2.05) is 19.9 Å². The van der Waals surface area contributed by atoms with Crippen molar-refractivity contribution < 1.29 is 4.74 Å². The van der Waals surface area contributed by atoms with Gasteiger partial charge in [0.25, 0.3) is 0 Å². The molecule has 96 valence electrons. The molecule has 1 aromatic heterocycles. The second-order valence-electron chi connectivity index (χ2n) is 4.77. The van der Waals surface area contributed by atoms with Gasteiger partial charge in [-0.3, -0.25) is 0 Å². The Morgan fingerprint density at radius 2 is 2.17 bits per heavy atom. The Balaban J connectivity index is 2.28. The molecule has 0 saturated carbocycles. The first-order valence-electron chi connectivity index (χ1n) is 6.57. The van der Waals surface area contributed by atoms with Crippen molar-refractivity contribution in [2.24, 2.45) is 0 Å². The smallest absolute Gasteiger partial charge is 0.145 e. The first-order chi connectivity index (χ1) is 8.74. The van der Waals surface area contributed by atoms with Gasteiger partial charge in [-0.15, -0.1) is 0 Å². The molecule has 0 amide bonds. The molecule has 0 radical (unpaired) electrons. The zero-order chi connectivity index (χ0) is 13.0. The standard InChI is InChI=1S/C14H19N3O/c1-3-11(9-15)14-16-10(2)8-13(17-14)12-4-6-18-7-5-12/h8,11-12H,3-7H2,1-2H3. The number of ether oxygens (including phenoxy) is 1. The number of aromatic nitrogens is 2. The van der Waals surface area contributed by atoms with Crippen LogP contribution in [0.2, 0.25) is 0 Å². The van der Waals surface area contributed by atoms with Crippen LogP contribution < -0.4 is 0 Å². The zero-order valence-corrected chi connectivity index (χ0v) is 11.0. The van der Waals surface area contributed by atoms with Gasteiger partial charge in [-0.05, 0) is 32.3 Å². The largest absolute Gasteiger partial charge is 0.381 e. The van der Waals surface area contributed by atoms with Crippen molar-refractivity contribution in [2.75, 3.05) is 13.2 Å². The van der Waals surface area contributed by atoms with Crippen LogP contribution >= 0.6 is 0 Å². The summed E-state index contributed by atoms with van der Waals surface area (Å²) in [4.78, 5) is 9.02. The highest BCUT2D eigenvalue weighted by Crippen LogP contribution is 2.27. The molecule has 0 bridgehead atoms. The van der Waals surface area contributed by atoms with Gasteiger partial charge in [-0.2, -0.15) is 5.26 Å². The first kappa shape index (κ1) is 13.0. The number of nitrogens with zero attached hydrogens (tertiary/aromatic N) is 3. The molecule has 1 saturated heterocycles. The summed E-state index contributed by atoms with van der Waals surface area (Å²) in [5.41, 5.74) is 2.03. The van der Waals surface area contributed by atoms with E-state index >= 15 is 0 Å². The maximum Gasteiger partial charge on any atom is 0.145 e. The van der Waals surface area contributed by atoms with Crippen molar-refractivity contribution in [1.29, 1.82) is 5.26 Å². The minimum atomic E-state index is -0.191. The van der Waals surface area contributed by atoms with Crippen molar-refractivity contribution in [2.45, 2.75) is 44.9 Å². The third-order valence-corrected chi connectivity index (χ3v) is 3.41. The molecule has 1 atom stereocenters. The predicted octanol–water partition coefficient (Wildman–Crippen LogP) is 2.70. The average Bonchev–Trinajstić information content (AvgIpc) is 2.40. The highest BCUT2D eigenvalue weighted by Gasteiger charge is 2.20. The van der Waals surface area contributed by atoms with Crippen LogP contribution in [0.3, 0.4) is 0 Å². The number of hydrogen-bond acceptors (Lipinski definition) is 4. The van der Waals surface area contributed by atoms with E-state index in [2.05, 4.69) is 16.0 Å². The Morgan fingerprint density at radius 1 is 1.44 bits per heavy atom. The van der Waals surface area contributed by atoms with Crippen molar-refractivity contribution in [3.05, 3.63) is 23.3 Å². The number of hydrogen-bond donors (Lipinski definition) is 0. The van der Waals surface area contributed by atoms with Crippen LogP contribution in [0.4, 0.5) is 0 Å². The first-order valence-corrected chi connectivity index (χ1v) is 6.57. The summed E-state index contributed by atoms with van der Waals surface area (Å²) in [7, 11) is 0. The molecule has 0 N–H and O–H groups in total. The summed E-state index contributed by atoms with van der Waals surface area (Å²) in [5.74, 6) is 0.945. The van der Waals surface area contributed by atoms with Gasteiger partial charge in [0.15, 0.2) is 0 Å². The van der Waals surface area contributed by atoms with Crippen molar-refractivity contribution >= 4 is 0 Å². The van der Waals surface area contributed by atoms with Gasteiger partial charge in [-0.25, -0.2) is 9.97 Å².